The summed E-state index contributed by atoms with van der Waals surface area (Å²) in [7, 11) is 0. The second-order valence-corrected chi connectivity index (χ2v) is 8.68. The Morgan fingerprint density at radius 1 is 1.03 bits per heavy atom. The second-order valence-electron chi connectivity index (χ2n) is 8.68. The fourth-order valence-corrected chi connectivity index (χ4v) is 3.75. The Bertz CT molecular complexity index is 1550. The van der Waals surface area contributed by atoms with Gasteiger partial charge in [-0.3, -0.25) is 14.6 Å². The van der Waals surface area contributed by atoms with Crippen molar-refractivity contribution in [2.24, 2.45) is 0 Å². The average Bonchev–Trinajstić information content (AvgIpc) is 3.58. The van der Waals surface area contributed by atoms with Crippen LogP contribution >= 0.6 is 0 Å². The third kappa shape index (κ3) is 5.51. The van der Waals surface area contributed by atoms with E-state index in [9.17, 15) is 9.59 Å². The summed E-state index contributed by atoms with van der Waals surface area (Å²) in [6.45, 7) is 4.01. The molecule has 1 amide bonds. The first-order valence-electron chi connectivity index (χ1n) is 11.8. The van der Waals surface area contributed by atoms with Gasteiger partial charge in [0, 0.05) is 17.7 Å². The van der Waals surface area contributed by atoms with E-state index in [4.69, 9.17) is 9.15 Å². The fourth-order valence-electron chi connectivity index (χ4n) is 3.75. The summed E-state index contributed by atoms with van der Waals surface area (Å²) in [5.41, 5.74) is 2.53. The molecule has 37 heavy (non-hydrogen) atoms. The maximum atomic E-state index is 12.8. The Balaban J connectivity index is 1.42. The van der Waals surface area contributed by atoms with Crippen LogP contribution in [0.3, 0.4) is 0 Å². The van der Waals surface area contributed by atoms with E-state index in [1.807, 2.05) is 54.6 Å². The quantitative estimate of drug-likeness (QED) is 0.312. The highest BCUT2D eigenvalue weighted by Crippen LogP contribution is 2.25. The van der Waals surface area contributed by atoms with Gasteiger partial charge in [0.25, 0.3) is 11.5 Å². The van der Waals surface area contributed by atoms with E-state index in [2.05, 4.69) is 34.2 Å². The number of H-pyrrole nitrogens is 1. The molecule has 186 valence electrons. The summed E-state index contributed by atoms with van der Waals surface area (Å²) in [4.78, 5) is 32.6. The standard InChI is InChI=1S/C28H25N5O4/c1-18(2)19-10-12-21(13-11-19)37-17-27(35)30-25-15-23(24-9-6-14-36-24)32-33(25)28-29-22(16-26(34)31-28)20-7-4-3-5-8-20/h3-16,18H,17H2,1-2H3,(H,30,35)(H,29,31,34). The topological polar surface area (TPSA) is 115 Å². The average molecular weight is 496 g/mol. The van der Waals surface area contributed by atoms with Crippen molar-refractivity contribution in [3.63, 3.8) is 0 Å². The van der Waals surface area contributed by atoms with Gasteiger partial charge in [0.2, 0.25) is 5.95 Å². The monoisotopic (exact) mass is 495 g/mol. The Labute approximate surface area is 212 Å². The number of nitrogens with zero attached hydrogens (tertiary/aromatic N) is 3. The molecule has 9 heteroatoms. The summed E-state index contributed by atoms with van der Waals surface area (Å²) in [5.74, 6) is 1.53. The van der Waals surface area contributed by atoms with E-state index < -0.39 is 5.91 Å². The molecule has 3 heterocycles. The minimum Gasteiger partial charge on any atom is -0.484 e. The summed E-state index contributed by atoms with van der Waals surface area (Å²) >= 11 is 0. The lowest BCUT2D eigenvalue weighted by atomic mass is 10.0. The number of ether oxygens (including phenoxy) is 1. The zero-order valence-corrected chi connectivity index (χ0v) is 20.3. The second kappa shape index (κ2) is 10.4. The summed E-state index contributed by atoms with van der Waals surface area (Å²) in [6.07, 6.45) is 1.53. The molecular formula is C28H25N5O4. The van der Waals surface area contributed by atoms with Crippen LogP contribution in [0.25, 0.3) is 28.7 Å². The molecule has 3 aromatic heterocycles. The Morgan fingerprint density at radius 3 is 2.51 bits per heavy atom. The first-order chi connectivity index (χ1) is 18.0. The van der Waals surface area contributed by atoms with E-state index in [0.29, 0.717) is 34.6 Å². The predicted octanol–water partition coefficient (Wildman–Crippen LogP) is 5.02. The highest BCUT2D eigenvalue weighted by molar-refractivity contribution is 5.91. The number of carbonyl (C=O) groups is 1. The smallest absolute Gasteiger partial charge is 0.263 e. The number of rotatable bonds is 8. The van der Waals surface area contributed by atoms with Crippen molar-refractivity contribution >= 4 is 11.7 Å². The van der Waals surface area contributed by atoms with E-state index in [0.717, 1.165) is 5.56 Å². The Hall–Kier alpha value is -4.92. The zero-order valence-electron chi connectivity index (χ0n) is 20.3. The van der Waals surface area contributed by atoms with Gasteiger partial charge in [-0.1, -0.05) is 56.3 Å². The van der Waals surface area contributed by atoms with Crippen LogP contribution in [0.15, 0.2) is 94.3 Å². The molecule has 0 saturated heterocycles. The van der Waals surface area contributed by atoms with E-state index in [1.165, 1.54) is 22.6 Å². The summed E-state index contributed by atoms with van der Waals surface area (Å²) < 4.78 is 12.5. The van der Waals surface area contributed by atoms with Crippen molar-refractivity contribution in [2.45, 2.75) is 19.8 Å². The SMILES string of the molecule is CC(C)c1ccc(OCC(=O)Nc2cc(-c3ccco3)nn2-c2nc(-c3ccccc3)cc(=O)[nH]2)cc1. The molecule has 0 bridgehead atoms. The number of benzene rings is 2. The van der Waals surface area contributed by atoms with Gasteiger partial charge in [-0.2, -0.15) is 9.78 Å². The molecule has 0 spiro atoms. The van der Waals surface area contributed by atoms with Crippen LogP contribution in [0.2, 0.25) is 0 Å². The van der Waals surface area contributed by atoms with Crippen LogP contribution < -0.4 is 15.6 Å². The fraction of sp³-hybridized carbons (Fsp3) is 0.143. The molecule has 2 N–H and O–H groups in total. The van der Waals surface area contributed by atoms with Crippen molar-refractivity contribution in [3.8, 4) is 34.4 Å². The van der Waals surface area contributed by atoms with Crippen molar-refractivity contribution in [2.75, 3.05) is 11.9 Å². The van der Waals surface area contributed by atoms with Crippen molar-refractivity contribution < 1.29 is 13.9 Å². The maximum Gasteiger partial charge on any atom is 0.263 e. The van der Waals surface area contributed by atoms with E-state index in [-0.39, 0.29) is 18.1 Å². The highest BCUT2D eigenvalue weighted by atomic mass is 16.5. The zero-order chi connectivity index (χ0) is 25.8. The number of furan rings is 1. The van der Waals surface area contributed by atoms with Gasteiger partial charge in [-0.15, -0.1) is 0 Å². The summed E-state index contributed by atoms with van der Waals surface area (Å²) in [6, 6.07) is 23.5. The van der Waals surface area contributed by atoms with Gasteiger partial charge in [0.05, 0.1) is 12.0 Å². The number of carbonyl (C=O) groups excluding carboxylic acids is 1. The first-order valence-corrected chi connectivity index (χ1v) is 11.8. The molecule has 0 aliphatic heterocycles. The molecule has 0 fully saturated rings. The molecule has 0 saturated carbocycles. The van der Waals surface area contributed by atoms with Crippen LogP contribution in [0.5, 0.6) is 5.75 Å². The molecule has 2 aromatic carbocycles. The summed E-state index contributed by atoms with van der Waals surface area (Å²) in [5, 5.41) is 7.33. The number of anilines is 1. The van der Waals surface area contributed by atoms with Gasteiger partial charge >= 0.3 is 0 Å². The lowest BCUT2D eigenvalue weighted by Gasteiger charge is -2.11. The lowest BCUT2D eigenvalue weighted by Crippen LogP contribution is -2.23. The number of aromatic amines is 1. The molecule has 0 aliphatic rings. The minimum atomic E-state index is -0.401. The van der Waals surface area contributed by atoms with Crippen LogP contribution in [0.4, 0.5) is 5.82 Å². The van der Waals surface area contributed by atoms with Gasteiger partial charge < -0.3 is 14.5 Å². The van der Waals surface area contributed by atoms with Crippen molar-refractivity contribution in [1.82, 2.24) is 19.7 Å². The lowest BCUT2D eigenvalue weighted by molar-refractivity contribution is -0.118. The molecular weight excluding hydrogens is 470 g/mol. The van der Waals surface area contributed by atoms with Crippen LogP contribution in [-0.4, -0.2) is 32.3 Å². The number of hydrogen-bond donors (Lipinski definition) is 2. The third-order valence-electron chi connectivity index (χ3n) is 5.67. The Kier molecular flexibility index (Phi) is 6.67. The van der Waals surface area contributed by atoms with Crippen molar-refractivity contribution in [1.29, 1.82) is 0 Å². The molecule has 5 rings (SSSR count). The molecule has 0 radical (unpaired) electrons. The van der Waals surface area contributed by atoms with E-state index >= 15 is 0 Å². The van der Waals surface area contributed by atoms with Crippen molar-refractivity contribution in [3.05, 3.63) is 101 Å². The molecule has 0 aliphatic carbocycles. The number of hydrogen-bond acceptors (Lipinski definition) is 6. The van der Waals surface area contributed by atoms with Gasteiger partial charge in [0.15, 0.2) is 12.4 Å². The minimum absolute atomic E-state index is 0.143. The normalized spacial score (nSPS) is 11.0. The predicted molar refractivity (Wildman–Crippen MR) is 140 cm³/mol. The van der Waals surface area contributed by atoms with E-state index in [1.54, 1.807) is 18.2 Å². The largest absolute Gasteiger partial charge is 0.484 e. The number of amides is 1. The molecule has 5 aromatic rings. The van der Waals surface area contributed by atoms with Gasteiger partial charge in [0.1, 0.15) is 17.3 Å². The maximum absolute atomic E-state index is 12.8. The first kappa shape index (κ1) is 23.8. The third-order valence-corrected chi connectivity index (χ3v) is 5.67. The van der Waals surface area contributed by atoms with Gasteiger partial charge in [-0.25, -0.2) is 4.98 Å². The van der Waals surface area contributed by atoms with Gasteiger partial charge in [-0.05, 0) is 35.7 Å². The van der Waals surface area contributed by atoms with Crippen LogP contribution in [0, 0.1) is 0 Å². The van der Waals surface area contributed by atoms with Crippen LogP contribution in [-0.2, 0) is 4.79 Å². The highest BCUT2D eigenvalue weighted by Gasteiger charge is 2.18. The van der Waals surface area contributed by atoms with Crippen LogP contribution in [0.1, 0.15) is 25.3 Å². The number of aromatic nitrogens is 4. The Morgan fingerprint density at radius 2 is 1.81 bits per heavy atom. The molecule has 9 nitrogen and oxygen atoms in total. The molecule has 0 unspecified atom stereocenters. The molecule has 0 atom stereocenters. The number of nitrogens with one attached hydrogen (secondary N) is 2.